The van der Waals surface area contributed by atoms with Crippen LogP contribution >= 0.6 is 0 Å². The van der Waals surface area contributed by atoms with E-state index in [0.29, 0.717) is 11.8 Å². The molecule has 1 atom stereocenters. The molecule has 5 heteroatoms. The van der Waals surface area contributed by atoms with Crippen LogP contribution in [0.15, 0.2) is 243 Å². The molecule has 0 saturated heterocycles. The van der Waals surface area contributed by atoms with Gasteiger partial charge in [0.25, 0.3) is 0 Å². The summed E-state index contributed by atoms with van der Waals surface area (Å²) in [6, 6.07) is 73.7. The molecule has 3 aromatic heterocycles. The fraction of sp³-hybridized carbons (Fsp3) is 0.114. The largest absolute Gasteiger partial charge is 0.454 e. The Morgan fingerprint density at radius 3 is 1.49 bits per heavy atom. The highest BCUT2D eigenvalue weighted by molar-refractivity contribution is 6.29. The van der Waals surface area contributed by atoms with Gasteiger partial charge in [-0.15, -0.1) is 0 Å². The van der Waals surface area contributed by atoms with Crippen molar-refractivity contribution >= 4 is 105 Å². The second-order valence-corrected chi connectivity index (χ2v) is 20.6. The van der Waals surface area contributed by atoms with Crippen molar-refractivity contribution in [3.8, 4) is 22.3 Å². The zero-order chi connectivity index (χ0) is 50.3. The molecule has 0 N–H and O–H groups in total. The molecule has 14 rings (SSSR count). The average molecular weight is 971 g/mol. The summed E-state index contributed by atoms with van der Waals surface area (Å²) in [6.45, 7) is 9.04. The normalized spacial score (nSPS) is 13.9. The third-order valence-electron chi connectivity index (χ3n) is 15.5. The summed E-state index contributed by atoms with van der Waals surface area (Å²) in [4.78, 5) is 4.95. The third-order valence-corrected chi connectivity index (χ3v) is 15.5. The number of para-hydroxylation sites is 5. The second-order valence-electron chi connectivity index (χ2n) is 20.6. The van der Waals surface area contributed by atoms with E-state index in [2.05, 4.69) is 262 Å². The van der Waals surface area contributed by atoms with Crippen LogP contribution in [0.5, 0.6) is 0 Å². The maximum atomic E-state index is 7.44. The highest BCUT2D eigenvalue weighted by Crippen LogP contribution is 2.55. The lowest BCUT2D eigenvalue weighted by molar-refractivity contribution is 0.657. The van der Waals surface area contributed by atoms with E-state index in [0.717, 1.165) is 134 Å². The van der Waals surface area contributed by atoms with Crippen molar-refractivity contribution in [3.63, 3.8) is 0 Å². The fourth-order valence-corrected chi connectivity index (χ4v) is 11.8. The van der Waals surface area contributed by atoms with Gasteiger partial charge in [0.15, 0.2) is 16.7 Å². The minimum absolute atomic E-state index is 0.0895. The van der Waals surface area contributed by atoms with Crippen LogP contribution < -0.4 is 9.80 Å². The number of hydrogen-bond donors (Lipinski definition) is 0. The number of hydrogen-bond acceptors (Lipinski definition) is 5. The maximum Gasteiger partial charge on any atom is 0.161 e. The first-order valence-corrected chi connectivity index (χ1v) is 26.3. The van der Waals surface area contributed by atoms with E-state index in [4.69, 9.17) is 13.3 Å². The lowest BCUT2D eigenvalue weighted by Crippen LogP contribution is -2.31. The first-order chi connectivity index (χ1) is 36.9. The topological polar surface area (TPSA) is 45.9 Å². The molecule has 13 aromatic rings. The van der Waals surface area contributed by atoms with Crippen molar-refractivity contribution in [3.05, 3.63) is 236 Å². The van der Waals surface area contributed by atoms with Gasteiger partial charge in [0, 0.05) is 54.5 Å². The van der Waals surface area contributed by atoms with Gasteiger partial charge in [-0.1, -0.05) is 222 Å². The van der Waals surface area contributed by atoms with E-state index < -0.39 is 0 Å². The number of nitrogens with zero attached hydrogens (tertiary/aromatic N) is 2. The van der Waals surface area contributed by atoms with Crippen LogP contribution in [-0.4, -0.2) is 6.04 Å². The van der Waals surface area contributed by atoms with Crippen LogP contribution in [0.3, 0.4) is 0 Å². The van der Waals surface area contributed by atoms with Crippen molar-refractivity contribution in [1.29, 1.82) is 0 Å². The summed E-state index contributed by atoms with van der Waals surface area (Å²) in [5.41, 5.74) is 16.9. The standard InChI is InChI=1S/C70H54N2O3/c1-43(2)45-35-39-49(40-36-45)71(60-32-17-30-57-55-28-15-26-51(66(55)74-68(57)60)47-19-7-5-8-20-47)64-53-23-11-12-24-54(53)65(70-63(64)59-25-13-14-34-62(59)73-70)72(50-41-37-46(38-42-50)44(3)4)61-33-18-31-58-56-29-16-27-52(67(56)75-69(58)61)48-21-9-6-10-22-48/h5-41,43-44,50H,42H2,1-4H3. The number of allylic oxidation sites excluding steroid dienone is 2. The monoisotopic (exact) mass is 970 g/mol. The maximum absolute atomic E-state index is 7.44. The Hall–Kier alpha value is -9.06. The van der Waals surface area contributed by atoms with Gasteiger partial charge in [-0.25, -0.2) is 0 Å². The van der Waals surface area contributed by atoms with Gasteiger partial charge in [-0.2, -0.15) is 0 Å². The van der Waals surface area contributed by atoms with E-state index in [9.17, 15) is 0 Å². The van der Waals surface area contributed by atoms with Crippen molar-refractivity contribution in [2.45, 2.75) is 46.1 Å². The average Bonchev–Trinajstić information content (AvgIpc) is 4.20. The molecule has 0 aliphatic heterocycles. The van der Waals surface area contributed by atoms with Gasteiger partial charge in [0.2, 0.25) is 0 Å². The summed E-state index contributed by atoms with van der Waals surface area (Å²) in [5, 5.41) is 8.43. The van der Waals surface area contributed by atoms with Crippen LogP contribution in [0, 0.1) is 5.92 Å². The fourth-order valence-electron chi connectivity index (χ4n) is 11.8. The van der Waals surface area contributed by atoms with Gasteiger partial charge in [0.1, 0.15) is 16.7 Å². The Morgan fingerprint density at radius 1 is 0.413 bits per heavy atom. The van der Waals surface area contributed by atoms with E-state index in [1.807, 2.05) is 0 Å². The summed E-state index contributed by atoms with van der Waals surface area (Å²) in [5.74, 6) is 0.759. The second kappa shape index (κ2) is 17.9. The van der Waals surface area contributed by atoms with Crippen LogP contribution in [0.25, 0.3) is 98.8 Å². The molecule has 75 heavy (non-hydrogen) atoms. The van der Waals surface area contributed by atoms with Gasteiger partial charge in [-0.3, -0.25) is 0 Å². The molecule has 1 unspecified atom stereocenters. The lowest BCUT2D eigenvalue weighted by atomic mass is 9.92. The van der Waals surface area contributed by atoms with Crippen LogP contribution in [0.2, 0.25) is 0 Å². The molecule has 1 aliphatic rings. The zero-order valence-corrected chi connectivity index (χ0v) is 42.4. The molecule has 5 nitrogen and oxygen atoms in total. The van der Waals surface area contributed by atoms with Crippen LogP contribution in [-0.2, 0) is 0 Å². The Morgan fingerprint density at radius 2 is 0.920 bits per heavy atom. The van der Waals surface area contributed by atoms with Gasteiger partial charge in [-0.05, 0) is 70.9 Å². The smallest absolute Gasteiger partial charge is 0.161 e. The lowest BCUT2D eigenvalue weighted by Gasteiger charge is -2.35. The number of fused-ring (bicyclic) bond motifs is 10. The first kappa shape index (κ1) is 44.6. The molecule has 0 radical (unpaired) electrons. The van der Waals surface area contributed by atoms with Gasteiger partial charge >= 0.3 is 0 Å². The number of furan rings is 3. The number of benzene rings is 10. The zero-order valence-electron chi connectivity index (χ0n) is 42.4. The van der Waals surface area contributed by atoms with Crippen LogP contribution in [0.1, 0.15) is 45.6 Å². The minimum Gasteiger partial charge on any atom is -0.454 e. The van der Waals surface area contributed by atoms with E-state index in [-0.39, 0.29) is 6.04 Å². The van der Waals surface area contributed by atoms with E-state index >= 15 is 0 Å². The molecular formula is C70H54N2O3. The quantitative estimate of drug-likeness (QED) is 0.128. The van der Waals surface area contributed by atoms with Crippen molar-refractivity contribution < 1.29 is 13.3 Å². The first-order valence-electron chi connectivity index (χ1n) is 26.3. The van der Waals surface area contributed by atoms with Crippen molar-refractivity contribution in [2.24, 2.45) is 5.92 Å². The molecule has 362 valence electrons. The van der Waals surface area contributed by atoms with Crippen molar-refractivity contribution in [1.82, 2.24) is 0 Å². The van der Waals surface area contributed by atoms with E-state index in [1.54, 1.807) is 0 Å². The summed E-state index contributed by atoms with van der Waals surface area (Å²) < 4.78 is 22.0. The molecule has 0 bridgehead atoms. The number of anilines is 5. The molecule has 0 fully saturated rings. The summed E-state index contributed by atoms with van der Waals surface area (Å²) in [7, 11) is 0. The molecule has 1 aliphatic carbocycles. The highest BCUT2D eigenvalue weighted by atomic mass is 16.3. The Labute approximate surface area is 435 Å². The Kier molecular flexibility index (Phi) is 10.6. The van der Waals surface area contributed by atoms with E-state index in [1.165, 1.54) is 11.1 Å². The molecule has 0 amide bonds. The molecule has 0 saturated carbocycles. The van der Waals surface area contributed by atoms with Crippen LogP contribution in [0.4, 0.5) is 28.4 Å². The minimum atomic E-state index is -0.0895. The highest BCUT2D eigenvalue weighted by Gasteiger charge is 2.34. The molecule has 3 heterocycles. The molecular weight excluding hydrogens is 917 g/mol. The van der Waals surface area contributed by atoms with Gasteiger partial charge < -0.3 is 23.1 Å². The third kappa shape index (κ3) is 7.21. The summed E-state index contributed by atoms with van der Waals surface area (Å²) >= 11 is 0. The Balaban J connectivity index is 1.09. The predicted molar refractivity (Wildman–Crippen MR) is 314 cm³/mol. The molecule has 10 aromatic carbocycles. The SMILES string of the molecule is CC(C)C1=CCC(N(c2cccc3c2oc2c(-c4ccccc4)cccc23)c2c3ccccc3c(N(c3ccc(C(C)C)cc3)c3cccc4c3oc3c(-c5ccccc5)cccc34)c3c2oc2ccccc23)C=C1. The predicted octanol–water partition coefficient (Wildman–Crippen LogP) is 20.5. The van der Waals surface area contributed by atoms with Crippen molar-refractivity contribution in [2.75, 3.05) is 9.80 Å². The Bertz CT molecular complexity index is 4400. The summed E-state index contributed by atoms with van der Waals surface area (Å²) in [6.07, 6.45) is 7.92. The molecule has 0 spiro atoms. The number of rotatable bonds is 10. The van der Waals surface area contributed by atoms with Gasteiger partial charge in [0.05, 0.1) is 34.2 Å².